The second-order valence-corrected chi connectivity index (χ2v) is 8.09. The maximum absolute atomic E-state index is 12.0. The van der Waals surface area contributed by atoms with Crippen LogP contribution in [0.15, 0.2) is 0 Å². The van der Waals surface area contributed by atoms with Crippen LogP contribution >= 0.6 is 0 Å². The van der Waals surface area contributed by atoms with Gasteiger partial charge in [0.1, 0.15) is 0 Å². The van der Waals surface area contributed by atoms with Crippen molar-refractivity contribution in [3.63, 3.8) is 0 Å². The van der Waals surface area contributed by atoms with E-state index in [2.05, 4.69) is 33.0 Å². The molecule has 0 aromatic rings. The first-order valence-electron chi connectivity index (χ1n) is 7.50. The van der Waals surface area contributed by atoms with Gasteiger partial charge in [0.05, 0.1) is 0 Å². The Kier molecular flexibility index (Phi) is 5.22. The van der Waals surface area contributed by atoms with Gasteiger partial charge in [-0.05, 0) is 36.0 Å². The summed E-state index contributed by atoms with van der Waals surface area (Å²) in [6, 6.07) is 0.207. The van der Waals surface area contributed by atoms with Crippen LogP contribution in [0.5, 0.6) is 0 Å². The van der Waals surface area contributed by atoms with Crippen molar-refractivity contribution in [1.82, 2.24) is 5.32 Å². The number of carboxylic acid groups (broad SMARTS) is 1. The number of amides is 1. The van der Waals surface area contributed by atoms with Gasteiger partial charge in [-0.3, -0.25) is 9.59 Å². The van der Waals surface area contributed by atoms with E-state index >= 15 is 0 Å². The van der Waals surface area contributed by atoms with E-state index < -0.39 is 5.97 Å². The van der Waals surface area contributed by atoms with Gasteiger partial charge in [-0.2, -0.15) is 0 Å². The maximum Gasteiger partial charge on any atom is 0.303 e. The number of carbonyl (C=O) groups excluding carboxylic acids is 1. The zero-order valence-electron chi connectivity index (χ0n) is 13.5. The van der Waals surface area contributed by atoms with Crippen LogP contribution in [0.3, 0.4) is 0 Å². The van der Waals surface area contributed by atoms with Crippen LogP contribution in [0.25, 0.3) is 0 Å². The Labute approximate surface area is 122 Å². The Morgan fingerprint density at radius 2 is 1.65 bits per heavy atom. The van der Waals surface area contributed by atoms with E-state index in [9.17, 15) is 9.59 Å². The van der Waals surface area contributed by atoms with Crippen LogP contribution in [0.2, 0.25) is 0 Å². The summed E-state index contributed by atoms with van der Waals surface area (Å²) in [4.78, 5) is 22.6. The van der Waals surface area contributed by atoms with E-state index in [0.717, 1.165) is 12.8 Å². The molecule has 0 spiro atoms. The summed E-state index contributed by atoms with van der Waals surface area (Å²) in [5, 5.41) is 11.8. The number of carboxylic acids is 1. The number of carbonyl (C=O) groups is 2. The van der Waals surface area contributed by atoms with Crippen LogP contribution < -0.4 is 5.32 Å². The maximum atomic E-state index is 12.0. The number of hydrogen-bond acceptors (Lipinski definition) is 2. The van der Waals surface area contributed by atoms with Gasteiger partial charge in [0.15, 0.2) is 0 Å². The summed E-state index contributed by atoms with van der Waals surface area (Å²) in [7, 11) is 0. The molecule has 1 rings (SSSR count). The fourth-order valence-corrected chi connectivity index (χ4v) is 3.92. The Morgan fingerprint density at radius 1 is 1.15 bits per heavy atom. The molecular formula is C16H29NO3. The molecule has 1 atom stereocenters. The lowest BCUT2D eigenvalue weighted by atomic mass is 9.63. The fourth-order valence-electron chi connectivity index (χ4n) is 3.92. The van der Waals surface area contributed by atoms with E-state index in [-0.39, 0.29) is 35.1 Å². The second kappa shape index (κ2) is 6.15. The highest BCUT2D eigenvalue weighted by Gasteiger charge is 2.38. The van der Waals surface area contributed by atoms with Gasteiger partial charge in [0, 0.05) is 18.9 Å². The van der Waals surface area contributed by atoms with Gasteiger partial charge < -0.3 is 10.4 Å². The molecule has 20 heavy (non-hydrogen) atoms. The summed E-state index contributed by atoms with van der Waals surface area (Å²) in [5.74, 6) is -0.973. The molecule has 0 aromatic carbocycles. The van der Waals surface area contributed by atoms with E-state index in [4.69, 9.17) is 5.11 Å². The Bertz CT molecular complexity index is 358. The van der Waals surface area contributed by atoms with E-state index in [1.165, 1.54) is 6.42 Å². The van der Waals surface area contributed by atoms with Gasteiger partial charge in [0.25, 0.3) is 0 Å². The molecule has 0 radical (unpaired) electrons. The summed E-state index contributed by atoms with van der Waals surface area (Å²) in [5.41, 5.74) is 0.485. The average molecular weight is 283 g/mol. The first-order valence-corrected chi connectivity index (χ1v) is 7.50. The van der Waals surface area contributed by atoms with Crippen molar-refractivity contribution in [2.75, 3.05) is 0 Å². The Balaban J connectivity index is 2.51. The molecule has 0 heterocycles. The molecule has 0 aliphatic heterocycles. The molecule has 0 aromatic heterocycles. The SMILES string of the molecule is CC(CC(=O)O)CC(=O)NC1CC(C)(C)CC(C)(C)C1. The van der Waals surface area contributed by atoms with Crippen molar-refractivity contribution in [2.24, 2.45) is 16.7 Å². The zero-order chi connectivity index (χ0) is 15.6. The summed E-state index contributed by atoms with van der Waals surface area (Å²) < 4.78 is 0. The second-order valence-electron chi connectivity index (χ2n) is 8.09. The highest BCUT2D eigenvalue weighted by Crippen LogP contribution is 2.45. The first-order chi connectivity index (χ1) is 8.99. The van der Waals surface area contributed by atoms with Crippen molar-refractivity contribution in [1.29, 1.82) is 0 Å². The Morgan fingerprint density at radius 3 is 2.10 bits per heavy atom. The highest BCUT2D eigenvalue weighted by molar-refractivity contribution is 5.77. The molecule has 116 valence electrons. The lowest BCUT2D eigenvalue weighted by Crippen LogP contribution is -2.46. The monoisotopic (exact) mass is 283 g/mol. The molecule has 1 aliphatic carbocycles. The number of rotatable bonds is 5. The third-order valence-corrected chi connectivity index (χ3v) is 3.98. The van der Waals surface area contributed by atoms with Crippen molar-refractivity contribution in [3.05, 3.63) is 0 Å². The van der Waals surface area contributed by atoms with Gasteiger partial charge in [-0.1, -0.05) is 34.6 Å². The van der Waals surface area contributed by atoms with Crippen LogP contribution in [0.4, 0.5) is 0 Å². The molecule has 0 bridgehead atoms. The van der Waals surface area contributed by atoms with Crippen molar-refractivity contribution in [2.45, 2.75) is 72.8 Å². The molecule has 1 unspecified atom stereocenters. The summed E-state index contributed by atoms with van der Waals surface area (Å²) in [6.45, 7) is 10.8. The minimum absolute atomic E-state index is 0.0164. The summed E-state index contributed by atoms with van der Waals surface area (Å²) in [6.07, 6.45) is 3.51. The first kappa shape index (κ1) is 17.0. The fraction of sp³-hybridized carbons (Fsp3) is 0.875. The molecular weight excluding hydrogens is 254 g/mol. The molecule has 4 heteroatoms. The standard InChI is InChI=1S/C16H29NO3/c1-11(7-14(19)20)6-13(18)17-12-8-15(2,3)10-16(4,5)9-12/h11-12H,6-10H2,1-5H3,(H,17,18)(H,19,20). The minimum Gasteiger partial charge on any atom is -0.481 e. The van der Waals surface area contributed by atoms with Crippen molar-refractivity contribution >= 4 is 11.9 Å². The van der Waals surface area contributed by atoms with E-state index in [0.29, 0.717) is 6.42 Å². The predicted octanol–water partition coefficient (Wildman–Crippen LogP) is 3.21. The van der Waals surface area contributed by atoms with E-state index in [1.54, 1.807) is 0 Å². The molecule has 2 N–H and O–H groups in total. The molecule has 1 saturated carbocycles. The largest absolute Gasteiger partial charge is 0.481 e. The normalized spacial score (nSPS) is 23.1. The molecule has 0 saturated heterocycles. The average Bonchev–Trinajstić information content (AvgIpc) is 2.08. The third-order valence-electron chi connectivity index (χ3n) is 3.98. The van der Waals surface area contributed by atoms with E-state index in [1.807, 2.05) is 6.92 Å². The van der Waals surface area contributed by atoms with Gasteiger partial charge in [-0.15, -0.1) is 0 Å². The number of hydrogen-bond donors (Lipinski definition) is 2. The van der Waals surface area contributed by atoms with Crippen LogP contribution in [0, 0.1) is 16.7 Å². The van der Waals surface area contributed by atoms with Gasteiger partial charge >= 0.3 is 5.97 Å². The smallest absolute Gasteiger partial charge is 0.303 e. The molecule has 1 amide bonds. The minimum atomic E-state index is -0.842. The molecule has 1 fully saturated rings. The molecule has 4 nitrogen and oxygen atoms in total. The number of nitrogens with one attached hydrogen (secondary N) is 1. The van der Waals surface area contributed by atoms with Gasteiger partial charge in [-0.25, -0.2) is 0 Å². The zero-order valence-corrected chi connectivity index (χ0v) is 13.5. The highest BCUT2D eigenvalue weighted by atomic mass is 16.4. The summed E-state index contributed by atoms with van der Waals surface area (Å²) >= 11 is 0. The lowest BCUT2D eigenvalue weighted by molar-refractivity contribution is -0.138. The van der Waals surface area contributed by atoms with Crippen molar-refractivity contribution < 1.29 is 14.7 Å². The third kappa shape index (κ3) is 5.93. The number of aliphatic carboxylic acids is 1. The predicted molar refractivity (Wildman–Crippen MR) is 79.4 cm³/mol. The Hall–Kier alpha value is -1.06. The topological polar surface area (TPSA) is 66.4 Å². The molecule has 1 aliphatic rings. The van der Waals surface area contributed by atoms with Crippen LogP contribution in [0.1, 0.15) is 66.7 Å². The lowest BCUT2D eigenvalue weighted by Gasteiger charge is -2.45. The van der Waals surface area contributed by atoms with Gasteiger partial charge in [0.2, 0.25) is 5.91 Å². The van der Waals surface area contributed by atoms with Crippen molar-refractivity contribution in [3.8, 4) is 0 Å². The van der Waals surface area contributed by atoms with Crippen LogP contribution in [-0.4, -0.2) is 23.0 Å². The quantitative estimate of drug-likeness (QED) is 0.814. The van der Waals surface area contributed by atoms with Crippen LogP contribution in [-0.2, 0) is 9.59 Å².